The van der Waals surface area contributed by atoms with Gasteiger partial charge in [0.1, 0.15) is 29.9 Å². The van der Waals surface area contributed by atoms with Gasteiger partial charge in [-0.25, -0.2) is 12.8 Å². The number of nitrogens with one attached hydrogen (secondary N) is 1. The van der Waals surface area contributed by atoms with Crippen molar-refractivity contribution in [2.24, 2.45) is 0 Å². The van der Waals surface area contributed by atoms with Gasteiger partial charge in [0.25, 0.3) is 10.0 Å². The SMILES string of the molecule is CCCCNC(=O)[C@H](Cc1ccccc1)N(Cc1ccc(F)cc1)C(=O)CN(c1ccc(Oc2ccccc2)cc1)S(=O)(=O)c1ccccc1. The first-order valence-corrected chi connectivity index (χ1v) is 17.9. The maximum atomic E-state index is 14.6. The van der Waals surface area contributed by atoms with Crippen molar-refractivity contribution < 1.29 is 27.1 Å². The summed E-state index contributed by atoms with van der Waals surface area (Å²) in [4.78, 5) is 29.8. The minimum Gasteiger partial charge on any atom is -0.457 e. The van der Waals surface area contributed by atoms with E-state index >= 15 is 0 Å². The minimum absolute atomic E-state index is 0.000593. The van der Waals surface area contributed by atoms with Crippen LogP contribution in [-0.4, -0.2) is 44.3 Å². The lowest BCUT2D eigenvalue weighted by atomic mass is 10.0. The van der Waals surface area contributed by atoms with Gasteiger partial charge in [-0.1, -0.05) is 92.2 Å². The van der Waals surface area contributed by atoms with Gasteiger partial charge < -0.3 is 15.0 Å². The van der Waals surface area contributed by atoms with E-state index in [9.17, 15) is 22.4 Å². The molecular formula is C40H40FN3O5S. The van der Waals surface area contributed by atoms with E-state index in [4.69, 9.17) is 4.74 Å². The van der Waals surface area contributed by atoms with E-state index in [-0.39, 0.29) is 29.5 Å². The van der Waals surface area contributed by atoms with Crippen molar-refractivity contribution in [3.63, 3.8) is 0 Å². The van der Waals surface area contributed by atoms with Gasteiger partial charge in [-0.15, -0.1) is 0 Å². The van der Waals surface area contributed by atoms with Gasteiger partial charge in [0, 0.05) is 19.5 Å². The molecule has 8 nitrogen and oxygen atoms in total. The Hall–Kier alpha value is -5.48. The van der Waals surface area contributed by atoms with Crippen molar-refractivity contribution in [1.82, 2.24) is 10.2 Å². The van der Waals surface area contributed by atoms with Gasteiger partial charge >= 0.3 is 0 Å². The minimum atomic E-state index is -4.26. The molecule has 50 heavy (non-hydrogen) atoms. The normalized spacial score (nSPS) is 11.7. The highest BCUT2D eigenvalue weighted by Crippen LogP contribution is 2.29. The molecular weight excluding hydrogens is 654 g/mol. The summed E-state index contributed by atoms with van der Waals surface area (Å²) in [5.41, 5.74) is 1.64. The maximum absolute atomic E-state index is 14.6. The van der Waals surface area contributed by atoms with Gasteiger partial charge in [-0.3, -0.25) is 13.9 Å². The van der Waals surface area contributed by atoms with Gasteiger partial charge in [-0.05, 0) is 78.2 Å². The van der Waals surface area contributed by atoms with Crippen LogP contribution in [0.15, 0.2) is 144 Å². The molecule has 0 aromatic heterocycles. The molecule has 0 aliphatic rings. The highest BCUT2D eigenvalue weighted by Gasteiger charge is 2.34. The molecule has 0 heterocycles. The Morgan fingerprint density at radius 3 is 1.94 bits per heavy atom. The number of carbonyl (C=O) groups is 2. The van der Waals surface area contributed by atoms with Gasteiger partial charge in [0.2, 0.25) is 11.8 Å². The lowest BCUT2D eigenvalue weighted by molar-refractivity contribution is -0.140. The molecule has 2 amide bonds. The van der Waals surface area contributed by atoms with Crippen LogP contribution in [0.5, 0.6) is 11.5 Å². The van der Waals surface area contributed by atoms with Crippen molar-refractivity contribution in [1.29, 1.82) is 0 Å². The predicted octanol–water partition coefficient (Wildman–Crippen LogP) is 7.37. The molecule has 0 unspecified atom stereocenters. The maximum Gasteiger partial charge on any atom is 0.264 e. The lowest BCUT2D eigenvalue weighted by Gasteiger charge is -2.34. The smallest absolute Gasteiger partial charge is 0.264 e. The summed E-state index contributed by atoms with van der Waals surface area (Å²) >= 11 is 0. The first-order valence-electron chi connectivity index (χ1n) is 16.5. The lowest BCUT2D eigenvalue weighted by Crippen LogP contribution is -2.53. The monoisotopic (exact) mass is 693 g/mol. The number of unbranched alkanes of at least 4 members (excludes halogenated alkanes) is 1. The van der Waals surface area contributed by atoms with Crippen molar-refractivity contribution in [3.05, 3.63) is 156 Å². The fourth-order valence-electron chi connectivity index (χ4n) is 5.40. The van der Waals surface area contributed by atoms with Crippen molar-refractivity contribution >= 4 is 27.5 Å². The standard InChI is InChI=1S/C40H40FN3O5S/c1-2-3-27-42-40(46)38(28-31-13-7-4-8-14-31)43(29-32-19-21-33(41)22-20-32)39(45)30-44(50(47,48)37-17-11-6-12-18-37)34-23-25-36(26-24-34)49-35-15-9-5-10-16-35/h4-26,38H,2-3,27-30H2,1H3,(H,42,46)/t38-/m0/s1. The molecule has 0 bridgehead atoms. The third kappa shape index (κ3) is 9.57. The molecule has 5 aromatic carbocycles. The Morgan fingerprint density at radius 2 is 1.32 bits per heavy atom. The number of benzene rings is 5. The fourth-order valence-corrected chi connectivity index (χ4v) is 6.84. The molecule has 258 valence electrons. The molecule has 10 heteroatoms. The predicted molar refractivity (Wildman–Crippen MR) is 193 cm³/mol. The first-order chi connectivity index (χ1) is 24.2. The van der Waals surface area contributed by atoms with Crippen molar-refractivity contribution in [2.45, 2.75) is 43.7 Å². The van der Waals surface area contributed by atoms with E-state index in [0.29, 0.717) is 23.6 Å². The highest BCUT2D eigenvalue weighted by atomic mass is 32.2. The molecule has 0 spiro atoms. The van der Waals surface area contributed by atoms with Crippen LogP contribution in [-0.2, 0) is 32.6 Å². The summed E-state index contributed by atoms with van der Waals surface area (Å²) in [7, 11) is -4.26. The van der Waals surface area contributed by atoms with E-state index < -0.39 is 34.3 Å². The number of hydrogen-bond donors (Lipinski definition) is 1. The number of anilines is 1. The number of hydrogen-bond acceptors (Lipinski definition) is 5. The van der Waals surface area contributed by atoms with Crippen LogP contribution >= 0.6 is 0 Å². The quantitative estimate of drug-likeness (QED) is 0.109. The second kappa shape index (κ2) is 17.3. The zero-order valence-corrected chi connectivity index (χ0v) is 28.6. The van der Waals surface area contributed by atoms with Gasteiger partial charge in [-0.2, -0.15) is 0 Å². The molecule has 0 fully saturated rings. The van der Waals surface area contributed by atoms with Crippen LogP contribution in [0.1, 0.15) is 30.9 Å². The molecule has 5 aromatic rings. The summed E-state index contributed by atoms with van der Waals surface area (Å²) in [6.45, 7) is 1.77. The molecule has 0 aliphatic carbocycles. The Labute approximate surface area is 293 Å². The van der Waals surface area contributed by atoms with Gasteiger partial charge in [0.15, 0.2) is 0 Å². The second-order valence-corrected chi connectivity index (χ2v) is 13.6. The second-order valence-electron chi connectivity index (χ2n) is 11.7. The molecule has 0 saturated heterocycles. The Balaban J connectivity index is 1.53. The Morgan fingerprint density at radius 1 is 0.740 bits per heavy atom. The topological polar surface area (TPSA) is 96.0 Å². The zero-order valence-electron chi connectivity index (χ0n) is 27.8. The van der Waals surface area contributed by atoms with E-state index in [2.05, 4.69) is 5.32 Å². The van der Waals surface area contributed by atoms with Crippen LogP contribution in [0, 0.1) is 5.82 Å². The number of carbonyl (C=O) groups excluding carboxylic acids is 2. The molecule has 0 saturated carbocycles. The molecule has 0 radical (unpaired) electrons. The highest BCUT2D eigenvalue weighted by molar-refractivity contribution is 7.92. The number of ether oxygens (including phenoxy) is 1. The third-order valence-electron chi connectivity index (χ3n) is 8.08. The molecule has 1 atom stereocenters. The van der Waals surface area contributed by atoms with E-state index in [1.807, 2.05) is 55.5 Å². The summed E-state index contributed by atoms with van der Waals surface area (Å²) in [6, 6.07) is 37.5. The fraction of sp³-hybridized carbons (Fsp3) is 0.200. The van der Waals surface area contributed by atoms with E-state index in [1.165, 1.54) is 29.2 Å². The summed E-state index contributed by atoms with van der Waals surface area (Å²) in [5, 5.41) is 2.96. The first kappa shape index (κ1) is 35.8. The van der Waals surface area contributed by atoms with E-state index in [1.54, 1.807) is 66.7 Å². The molecule has 1 N–H and O–H groups in total. The number of nitrogens with zero attached hydrogens (tertiary/aromatic N) is 2. The largest absolute Gasteiger partial charge is 0.457 e. The average molecular weight is 694 g/mol. The summed E-state index contributed by atoms with van der Waals surface area (Å²) in [6.07, 6.45) is 1.80. The van der Waals surface area contributed by atoms with E-state index in [0.717, 1.165) is 22.7 Å². The molecule has 5 rings (SSSR count). The van der Waals surface area contributed by atoms with Crippen LogP contribution in [0.2, 0.25) is 0 Å². The van der Waals surface area contributed by atoms with Crippen molar-refractivity contribution in [2.75, 3.05) is 17.4 Å². The number of para-hydroxylation sites is 1. The Bertz CT molecular complexity index is 1930. The number of sulfonamides is 1. The zero-order chi connectivity index (χ0) is 35.3. The third-order valence-corrected chi connectivity index (χ3v) is 9.87. The molecule has 0 aliphatic heterocycles. The van der Waals surface area contributed by atoms with Gasteiger partial charge in [0.05, 0.1) is 10.6 Å². The van der Waals surface area contributed by atoms with Crippen LogP contribution in [0.25, 0.3) is 0 Å². The number of amides is 2. The Kier molecular flexibility index (Phi) is 12.4. The van der Waals surface area contributed by atoms with Crippen LogP contribution in [0.3, 0.4) is 0 Å². The number of halogens is 1. The summed E-state index contributed by atoms with van der Waals surface area (Å²) in [5.74, 6) is -0.317. The average Bonchev–Trinajstić information content (AvgIpc) is 3.14. The van der Waals surface area contributed by atoms with Crippen molar-refractivity contribution in [3.8, 4) is 11.5 Å². The van der Waals surface area contributed by atoms with Crippen LogP contribution < -0.4 is 14.4 Å². The van der Waals surface area contributed by atoms with Crippen LogP contribution in [0.4, 0.5) is 10.1 Å². The number of rotatable bonds is 16. The summed E-state index contributed by atoms with van der Waals surface area (Å²) < 4.78 is 49.3.